The van der Waals surface area contributed by atoms with Gasteiger partial charge in [0.25, 0.3) is 0 Å². The van der Waals surface area contributed by atoms with Gasteiger partial charge in [0, 0.05) is 17.5 Å². The summed E-state index contributed by atoms with van der Waals surface area (Å²) in [5, 5.41) is 20.5. The van der Waals surface area contributed by atoms with E-state index in [4.69, 9.17) is 14.6 Å². The number of rotatable bonds is 6. The number of methoxy groups -OCH3 is 2. The minimum Gasteiger partial charge on any atom is -0.480 e. The summed E-state index contributed by atoms with van der Waals surface area (Å²) in [6, 6.07) is 6.77. The van der Waals surface area contributed by atoms with E-state index in [9.17, 15) is 14.4 Å². The molecule has 1 aliphatic rings. The highest BCUT2D eigenvalue weighted by atomic mass is 16.5. The van der Waals surface area contributed by atoms with Crippen LogP contribution < -0.4 is 4.90 Å². The van der Waals surface area contributed by atoms with Gasteiger partial charge in [-0.05, 0) is 29.5 Å². The van der Waals surface area contributed by atoms with Gasteiger partial charge >= 0.3 is 17.9 Å². The van der Waals surface area contributed by atoms with Crippen molar-refractivity contribution in [2.24, 2.45) is 0 Å². The number of hydrogen-bond donors (Lipinski definition) is 1. The molecule has 3 rings (SSSR count). The van der Waals surface area contributed by atoms with Crippen LogP contribution in [0.2, 0.25) is 0 Å². The first-order valence-electron chi connectivity index (χ1n) is 8.59. The topological polar surface area (TPSA) is 137 Å². The number of hydrogen-bond acceptors (Lipinski definition) is 9. The van der Waals surface area contributed by atoms with Crippen molar-refractivity contribution in [2.75, 3.05) is 19.1 Å². The molecule has 0 fully saturated rings. The van der Waals surface area contributed by atoms with Gasteiger partial charge in [0.1, 0.15) is 5.70 Å². The fourth-order valence-electron chi connectivity index (χ4n) is 2.71. The zero-order valence-corrected chi connectivity index (χ0v) is 16.1. The van der Waals surface area contributed by atoms with Crippen molar-refractivity contribution in [3.63, 3.8) is 0 Å². The smallest absolute Gasteiger partial charge is 0.355 e. The molecule has 1 N–H and O–H groups in total. The number of anilines is 1. The zero-order chi connectivity index (χ0) is 21.7. The fraction of sp³-hybridized carbons (Fsp3) is 0.158. The van der Waals surface area contributed by atoms with Crippen LogP contribution in [0.5, 0.6) is 0 Å². The first kappa shape index (κ1) is 20.5. The molecule has 30 heavy (non-hydrogen) atoms. The van der Waals surface area contributed by atoms with Crippen LogP contribution >= 0.6 is 0 Å². The van der Waals surface area contributed by atoms with E-state index in [1.54, 1.807) is 42.6 Å². The van der Waals surface area contributed by atoms with E-state index in [0.717, 1.165) is 4.80 Å². The Balaban J connectivity index is 2.06. The maximum atomic E-state index is 12.5. The summed E-state index contributed by atoms with van der Waals surface area (Å²) in [7, 11) is 2.43. The van der Waals surface area contributed by atoms with Crippen molar-refractivity contribution >= 4 is 23.6 Å². The molecular formula is C19H17N5O6. The maximum absolute atomic E-state index is 12.5. The lowest BCUT2D eigenvalue weighted by Crippen LogP contribution is -2.26. The molecule has 11 nitrogen and oxygen atoms in total. The summed E-state index contributed by atoms with van der Waals surface area (Å²) in [6.07, 6.45) is 6.29. The molecule has 2 heterocycles. The van der Waals surface area contributed by atoms with E-state index < -0.39 is 24.5 Å². The molecule has 0 unspecified atom stereocenters. The molecule has 0 spiro atoms. The van der Waals surface area contributed by atoms with Gasteiger partial charge in [0.15, 0.2) is 6.54 Å². The largest absolute Gasteiger partial charge is 0.480 e. The molecule has 0 saturated carbocycles. The second kappa shape index (κ2) is 8.82. The van der Waals surface area contributed by atoms with Crippen LogP contribution in [0.1, 0.15) is 0 Å². The number of ether oxygens (including phenoxy) is 2. The van der Waals surface area contributed by atoms with Crippen LogP contribution in [0.15, 0.2) is 60.0 Å². The second-order valence-electron chi connectivity index (χ2n) is 5.90. The van der Waals surface area contributed by atoms with E-state index in [2.05, 4.69) is 15.4 Å². The molecule has 154 valence electrons. The number of carbonyl (C=O) groups is 3. The third-order valence-electron chi connectivity index (χ3n) is 4.00. The van der Waals surface area contributed by atoms with Gasteiger partial charge < -0.3 is 19.5 Å². The normalized spacial score (nSPS) is 13.2. The SMILES string of the molecule is COC(=O)C1=C(C(=O)OC)N(c2cccc(-c3nnn(CC(=O)O)n3)c2)C=CC=C1. The van der Waals surface area contributed by atoms with Crippen molar-refractivity contribution in [1.29, 1.82) is 0 Å². The van der Waals surface area contributed by atoms with Crippen LogP contribution in [0, 0.1) is 0 Å². The number of aromatic nitrogens is 4. The number of tetrazole rings is 1. The average molecular weight is 411 g/mol. The van der Waals surface area contributed by atoms with Crippen molar-refractivity contribution in [2.45, 2.75) is 6.54 Å². The van der Waals surface area contributed by atoms with Crippen molar-refractivity contribution in [1.82, 2.24) is 20.2 Å². The number of nitrogens with zero attached hydrogens (tertiary/aromatic N) is 5. The molecule has 11 heteroatoms. The monoisotopic (exact) mass is 411 g/mol. The summed E-state index contributed by atoms with van der Waals surface area (Å²) >= 11 is 0. The summed E-state index contributed by atoms with van der Waals surface area (Å²) in [5.41, 5.74) is 1.02. The molecular weight excluding hydrogens is 394 g/mol. The number of carboxylic acids is 1. The molecule has 1 aromatic heterocycles. The Morgan fingerprint density at radius 2 is 1.87 bits per heavy atom. The number of carbonyl (C=O) groups excluding carboxylic acids is 2. The third kappa shape index (κ3) is 4.24. The fourth-order valence-corrected chi connectivity index (χ4v) is 2.71. The van der Waals surface area contributed by atoms with Gasteiger partial charge in [-0.3, -0.25) is 4.79 Å². The Morgan fingerprint density at radius 3 is 2.57 bits per heavy atom. The predicted octanol–water partition coefficient (Wildman–Crippen LogP) is 0.915. The summed E-state index contributed by atoms with van der Waals surface area (Å²) in [4.78, 5) is 38.0. The standard InChI is InChI=1S/C19H17N5O6/c1-29-18(27)14-8-3-4-9-23(16(14)19(28)30-2)13-7-5-6-12(10-13)17-20-22-24(21-17)11-15(25)26/h3-10H,11H2,1-2H3,(H,25,26). The van der Waals surface area contributed by atoms with Gasteiger partial charge in [0.2, 0.25) is 5.82 Å². The summed E-state index contributed by atoms with van der Waals surface area (Å²) in [6.45, 7) is -0.426. The molecule has 0 amide bonds. The first-order chi connectivity index (χ1) is 14.4. The van der Waals surface area contributed by atoms with Gasteiger partial charge in [-0.25, -0.2) is 9.59 Å². The first-order valence-corrected chi connectivity index (χ1v) is 8.59. The highest BCUT2D eigenvalue weighted by molar-refractivity contribution is 6.05. The molecule has 0 aliphatic carbocycles. The van der Waals surface area contributed by atoms with Crippen molar-refractivity contribution < 1.29 is 29.0 Å². The van der Waals surface area contributed by atoms with Crippen LogP contribution in [0.25, 0.3) is 11.4 Å². The van der Waals surface area contributed by atoms with Crippen LogP contribution in [0.4, 0.5) is 5.69 Å². The Bertz CT molecular complexity index is 1080. The number of benzene rings is 1. The van der Waals surface area contributed by atoms with Crippen LogP contribution in [0.3, 0.4) is 0 Å². The Labute approximate surface area is 170 Å². The zero-order valence-electron chi connectivity index (χ0n) is 16.1. The average Bonchev–Trinajstić information content (AvgIpc) is 3.09. The number of allylic oxidation sites excluding steroid dienone is 2. The molecule has 0 radical (unpaired) electrons. The highest BCUT2D eigenvalue weighted by Crippen LogP contribution is 2.29. The van der Waals surface area contributed by atoms with E-state index in [1.165, 1.54) is 25.2 Å². The van der Waals surface area contributed by atoms with Gasteiger partial charge in [0.05, 0.1) is 19.8 Å². The van der Waals surface area contributed by atoms with Crippen molar-refractivity contribution in [3.05, 3.63) is 60.0 Å². The number of esters is 2. The van der Waals surface area contributed by atoms with Gasteiger partial charge in [-0.2, -0.15) is 4.80 Å². The Morgan fingerprint density at radius 1 is 1.10 bits per heavy atom. The molecule has 0 bridgehead atoms. The quantitative estimate of drug-likeness (QED) is 0.683. The lowest BCUT2D eigenvalue weighted by Gasteiger charge is -2.23. The number of aliphatic carboxylic acids is 1. The van der Waals surface area contributed by atoms with E-state index in [1.807, 2.05) is 0 Å². The minimum atomic E-state index is -1.10. The van der Waals surface area contributed by atoms with Crippen LogP contribution in [-0.2, 0) is 30.4 Å². The molecule has 0 saturated heterocycles. The predicted molar refractivity (Wildman–Crippen MR) is 103 cm³/mol. The molecule has 2 aromatic rings. The van der Waals surface area contributed by atoms with E-state index >= 15 is 0 Å². The third-order valence-corrected chi connectivity index (χ3v) is 4.00. The van der Waals surface area contributed by atoms with Gasteiger partial charge in [-0.1, -0.05) is 18.2 Å². The molecule has 1 aliphatic heterocycles. The second-order valence-corrected chi connectivity index (χ2v) is 5.90. The molecule has 1 aromatic carbocycles. The lowest BCUT2D eigenvalue weighted by atomic mass is 10.1. The summed E-state index contributed by atoms with van der Waals surface area (Å²) < 4.78 is 9.66. The summed E-state index contributed by atoms with van der Waals surface area (Å²) in [5.74, 6) is -2.33. The number of carboxylic acid groups (broad SMARTS) is 1. The Hall–Kier alpha value is -4.28. The lowest BCUT2D eigenvalue weighted by molar-refractivity contribution is -0.139. The highest BCUT2D eigenvalue weighted by Gasteiger charge is 2.27. The van der Waals surface area contributed by atoms with E-state index in [0.29, 0.717) is 11.3 Å². The Kier molecular flexibility index (Phi) is 6.01. The van der Waals surface area contributed by atoms with Crippen LogP contribution in [-0.4, -0.2) is 57.4 Å². The maximum Gasteiger partial charge on any atom is 0.355 e. The minimum absolute atomic E-state index is 0.0188. The molecule has 0 atom stereocenters. The van der Waals surface area contributed by atoms with E-state index in [-0.39, 0.29) is 17.1 Å². The van der Waals surface area contributed by atoms with Crippen molar-refractivity contribution in [3.8, 4) is 11.4 Å². The van der Waals surface area contributed by atoms with Gasteiger partial charge in [-0.15, -0.1) is 10.2 Å².